The molecule has 2 unspecified atom stereocenters. The number of nitrogens with zero attached hydrogens (tertiary/aromatic N) is 2. The molecule has 0 aliphatic carbocycles. The molecule has 0 aromatic rings. The number of hydrogen-bond donors (Lipinski definition) is 1. The van der Waals surface area contributed by atoms with Gasteiger partial charge in [0.2, 0.25) is 11.8 Å². The van der Waals surface area contributed by atoms with Gasteiger partial charge >= 0.3 is 0 Å². The summed E-state index contributed by atoms with van der Waals surface area (Å²) in [5.74, 6) is 0.216. The molecule has 0 aromatic heterocycles. The van der Waals surface area contributed by atoms with Crippen molar-refractivity contribution in [3.63, 3.8) is 0 Å². The second-order valence-corrected chi connectivity index (χ2v) is 6.02. The van der Waals surface area contributed by atoms with Crippen molar-refractivity contribution in [3.8, 4) is 0 Å². The maximum atomic E-state index is 12.2. The summed E-state index contributed by atoms with van der Waals surface area (Å²) in [7, 11) is 0. The van der Waals surface area contributed by atoms with Crippen LogP contribution in [0.1, 0.15) is 41.0 Å². The van der Waals surface area contributed by atoms with Crippen molar-refractivity contribution >= 4 is 11.8 Å². The van der Waals surface area contributed by atoms with E-state index in [4.69, 9.17) is 5.73 Å². The van der Waals surface area contributed by atoms with Crippen molar-refractivity contribution in [3.05, 3.63) is 0 Å². The van der Waals surface area contributed by atoms with Crippen LogP contribution in [0.3, 0.4) is 0 Å². The first-order chi connectivity index (χ1) is 8.75. The van der Waals surface area contributed by atoms with E-state index < -0.39 is 6.04 Å². The van der Waals surface area contributed by atoms with Gasteiger partial charge in [-0.25, -0.2) is 0 Å². The molecule has 0 aromatic carbocycles. The monoisotopic (exact) mass is 269 g/mol. The summed E-state index contributed by atoms with van der Waals surface area (Å²) >= 11 is 0. The van der Waals surface area contributed by atoms with E-state index in [9.17, 15) is 9.59 Å². The first-order valence-corrected chi connectivity index (χ1v) is 7.09. The normalized spacial score (nSPS) is 21.1. The zero-order chi connectivity index (χ0) is 14.7. The molecule has 2 N–H and O–H groups in total. The highest BCUT2D eigenvalue weighted by Crippen LogP contribution is 2.19. The summed E-state index contributed by atoms with van der Waals surface area (Å²) < 4.78 is 0. The van der Waals surface area contributed by atoms with Crippen LogP contribution in [-0.4, -0.2) is 52.8 Å². The number of carbonyl (C=O) groups is 2. The Morgan fingerprint density at radius 2 is 1.84 bits per heavy atom. The van der Waals surface area contributed by atoms with Crippen LogP contribution in [0.4, 0.5) is 0 Å². The second kappa shape index (κ2) is 6.37. The highest BCUT2D eigenvalue weighted by atomic mass is 16.2. The fourth-order valence-electron chi connectivity index (χ4n) is 2.71. The lowest BCUT2D eigenvalue weighted by molar-refractivity contribution is -0.136. The third kappa shape index (κ3) is 3.69. The van der Waals surface area contributed by atoms with E-state index in [1.165, 1.54) is 0 Å². The van der Waals surface area contributed by atoms with Crippen LogP contribution in [0.5, 0.6) is 0 Å². The Kier molecular flexibility index (Phi) is 5.35. The highest BCUT2D eigenvalue weighted by Gasteiger charge is 2.34. The molecule has 0 saturated carbocycles. The Bertz CT molecular complexity index is 342. The molecule has 19 heavy (non-hydrogen) atoms. The molecule has 5 heteroatoms. The van der Waals surface area contributed by atoms with Gasteiger partial charge in [-0.05, 0) is 26.2 Å². The number of rotatable bonds is 4. The van der Waals surface area contributed by atoms with Gasteiger partial charge in [0.25, 0.3) is 0 Å². The minimum atomic E-state index is -0.441. The highest BCUT2D eigenvalue weighted by molar-refractivity contribution is 5.82. The number of likely N-dealkylation sites (tertiary alicyclic amines) is 1. The van der Waals surface area contributed by atoms with E-state index in [1.807, 2.05) is 32.6 Å². The van der Waals surface area contributed by atoms with Crippen LogP contribution in [0.2, 0.25) is 0 Å². The lowest BCUT2D eigenvalue weighted by atomic mass is 10.0. The first-order valence-electron chi connectivity index (χ1n) is 7.09. The van der Waals surface area contributed by atoms with Crippen molar-refractivity contribution in [1.82, 2.24) is 9.80 Å². The Labute approximate surface area is 116 Å². The van der Waals surface area contributed by atoms with Crippen LogP contribution in [0.25, 0.3) is 0 Å². The summed E-state index contributed by atoms with van der Waals surface area (Å²) in [6, 6.07) is -0.152. The zero-order valence-electron chi connectivity index (χ0n) is 12.7. The van der Waals surface area contributed by atoms with Crippen LogP contribution >= 0.6 is 0 Å². The predicted octanol–water partition coefficient (Wildman–Crippen LogP) is 0.828. The van der Waals surface area contributed by atoms with Crippen LogP contribution in [0.15, 0.2) is 0 Å². The Hall–Kier alpha value is -1.10. The Morgan fingerprint density at radius 1 is 1.26 bits per heavy atom. The smallest absolute Gasteiger partial charge is 0.239 e. The van der Waals surface area contributed by atoms with E-state index >= 15 is 0 Å². The SMILES string of the molecule is CC(=O)N(C(C)C)C1CCN(C(=O)C(N)C(C)C)C1. The van der Waals surface area contributed by atoms with E-state index in [0.717, 1.165) is 6.42 Å². The number of amides is 2. The maximum absolute atomic E-state index is 12.2. The molecular weight excluding hydrogens is 242 g/mol. The number of nitrogens with two attached hydrogens (primary N) is 1. The molecule has 1 aliphatic rings. The van der Waals surface area contributed by atoms with E-state index in [2.05, 4.69) is 0 Å². The molecule has 1 rings (SSSR count). The summed E-state index contributed by atoms with van der Waals surface area (Å²) in [4.78, 5) is 27.5. The van der Waals surface area contributed by atoms with E-state index in [0.29, 0.717) is 13.1 Å². The first kappa shape index (κ1) is 16.0. The van der Waals surface area contributed by atoms with Crippen molar-refractivity contribution in [1.29, 1.82) is 0 Å². The van der Waals surface area contributed by atoms with Crippen LogP contribution < -0.4 is 5.73 Å². The Balaban J connectivity index is 2.67. The van der Waals surface area contributed by atoms with Gasteiger partial charge in [-0.15, -0.1) is 0 Å². The van der Waals surface area contributed by atoms with Gasteiger partial charge in [0, 0.05) is 26.1 Å². The van der Waals surface area contributed by atoms with Crippen LogP contribution in [0, 0.1) is 5.92 Å². The predicted molar refractivity (Wildman–Crippen MR) is 75.5 cm³/mol. The zero-order valence-corrected chi connectivity index (χ0v) is 12.7. The minimum absolute atomic E-state index is 0.00441. The van der Waals surface area contributed by atoms with Crippen LogP contribution in [-0.2, 0) is 9.59 Å². The maximum Gasteiger partial charge on any atom is 0.239 e. The lowest BCUT2D eigenvalue weighted by Crippen LogP contribution is -2.48. The largest absolute Gasteiger partial charge is 0.339 e. The van der Waals surface area contributed by atoms with Gasteiger partial charge < -0.3 is 15.5 Å². The molecule has 2 atom stereocenters. The Morgan fingerprint density at radius 3 is 2.26 bits per heavy atom. The van der Waals surface area contributed by atoms with Crippen molar-refractivity contribution in [2.45, 2.75) is 59.2 Å². The fraction of sp³-hybridized carbons (Fsp3) is 0.857. The quantitative estimate of drug-likeness (QED) is 0.822. The summed E-state index contributed by atoms with van der Waals surface area (Å²) in [6.07, 6.45) is 0.842. The minimum Gasteiger partial charge on any atom is -0.339 e. The van der Waals surface area contributed by atoms with Crippen molar-refractivity contribution in [2.75, 3.05) is 13.1 Å². The van der Waals surface area contributed by atoms with Gasteiger partial charge in [0.1, 0.15) is 0 Å². The van der Waals surface area contributed by atoms with E-state index in [1.54, 1.807) is 11.8 Å². The topological polar surface area (TPSA) is 66.6 Å². The fourth-order valence-corrected chi connectivity index (χ4v) is 2.71. The molecule has 5 nitrogen and oxygen atoms in total. The molecule has 0 bridgehead atoms. The second-order valence-electron chi connectivity index (χ2n) is 6.02. The van der Waals surface area contributed by atoms with Gasteiger partial charge in [-0.3, -0.25) is 9.59 Å². The third-order valence-corrected chi connectivity index (χ3v) is 3.79. The molecule has 110 valence electrons. The molecule has 0 spiro atoms. The average Bonchev–Trinajstić information content (AvgIpc) is 2.75. The molecule has 1 heterocycles. The summed E-state index contributed by atoms with van der Waals surface area (Å²) in [6.45, 7) is 10.8. The molecule has 0 radical (unpaired) electrons. The number of hydrogen-bond acceptors (Lipinski definition) is 3. The third-order valence-electron chi connectivity index (χ3n) is 3.79. The number of carbonyl (C=O) groups excluding carboxylic acids is 2. The van der Waals surface area contributed by atoms with Gasteiger partial charge in [-0.1, -0.05) is 13.8 Å². The van der Waals surface area contributed by atoms with Gasteiger partial charge in [-0.2, -0.15) is 0 Å². The average molecular weight is 269 g/mol. The molecule has 1 aliphatic heterocycles. The van der Waals surface area contributed by atoms with Gasteiger partial charge in [0.15, 0.2) is 0 Å². The standard InChI is InChI=1S/C14H27N3O2/c1-9(2)13(15)14(19)16-7-6-12(8-16)17(10(3)4)11(5)18/h9-10,12-13H,6-8,15H2,1-5H3. The molecule has 1 saturated heterocycles. The molecular formula is C14H27N3O2. The van der Waals surface area contributed by atoms with Crippen molar-refractivity contribution < 1.29 is 9.59 Å². The molecule has 2 amide bonds. The van der Waals surface area contributed by atoms with E-state index in [-0.39, 0.29) is 29.8 Å². The van der Waals surface area contributed by atoms with Gasteiger partial charge in [0.05, 0.1) is 12.1 Å². The van der Waals surface area contributed by atoms with Crippen molar-refractivity contribution in [2.24, 2.45) is 11.7 Å². The lowest BCUT2D eigenvalue weighted by Gasteiger charge is -2.32. The molecule has 1 fully saturated rings. The summed E-state index contributed by atoms with van der Waals surface area (Å²) in [5.41, 5.74) is 5.91. The summed E-state index contributed by atoms with van der Waals surface area (Å²) in [5, 5.41) is 0.